The number of hydrogen-bond donors (Lipinski definition) is 1. The van der Waals surface area contributed by atoms with Gasteiger partial charge < -0.3 is 5.32 Å². The maximum atomic E-state index is 10.4. The Morgan fingerprint density at radius 3 is 2.94 bits per heavy atom. The third-order valence-electron chi connectivity index (χ3n) is 1.98. The second-order valence-corrected chi connectivity index (χ2v) is 3.94. The summed E-state index contributed by atoms with van der Waals surface area (Å²) in [5, 5.41) is 17.5. The molecule has 1 aromatic heterocycles. The van der Waals surface area contributed by atoms with Crippen molar-refractivity contribution in [2.75, 3.05) is 6.54 Å². The van der Waals surface area contributed by atoms with Gasteiger partial charge in [0.2, 0.25) is 0 Å². The average Bonchev–Trinajstić information content (AvgIpc) is 2.63. The minimum absolute atomic E-state index is 0.00428. The standard InChI is InChI=1S/C10H16N4O2/c1-8(2)11-4-9(3)6-13-7-10(5-12-13)14(15)16/h5,7-8,11H,3-4,6H2,1-2H3. The second-order valence-electron chi connectivity index (χ2n) is 3.94. The molecule has 0 aliphatic heterocycles. The van der Waals surface area contributed by atoms with Crippen molar-refractivity contribution < 1.29 is 4.92 Å². The highest BCUT2D eigenvalue weighted by Gasteiger charge is 2.08. The molecule has 1 heterocycles. The Hall–Kier alpha value is -1.69. The summed E-state index contributed by atoms with van der Waals surface area (Å²) in [5.74, 6) is 0. The molecule has 0 radical (unpaired) electrons. The van der Waals surface area contributed by atoms with Crippen molar-refractivity contribution in [3.05, 3.63) is 34.7 Å². The van der Waals surface area contributed by atoms with Crippen molar-refractivity contribution in [3.63, 3.8) is 0 Å². The predicted molar refractivity (Wildman–Crippen MR) is 61.2 cm³/mol. The lowest BCUT2D eigenvalue weighted by Gasteiger charge is -2.10. The molecule has 0 aliphatic carbocycles. The van der Waals surface area contributed by atoms with E-state index in [0.29, 0.717) is 19.1 Å². The van der Waals surface area contributed by atoms with E-state index in [1.54, 1.807) is 0 Å². The Morgan fingerprint density at radius 1 is 1.75 bits per heavy atom. The average molecular weight is 224 g/mol. The monoisotopic (exact) mass is 224 g/mol. The van der Waals surface area contributed by atoms with Gasteiger partial charge in [0, 0.05) is 12.6 Å². The van der Waals surface area contributed by atoms with Crippen LogP contribution in [0, 0.1) is 10.1 Å². The molecule has 1 aromatic rings. The van der Waals surface area contributed by atoms with E-state index in [0.717, 1.165) is 5.57 Å². The van der Waals surface area contributed by atoms with Crippen LogP contribution in [0.2, 0.25) is 0 Å². The Labute approximate surface area is 94.1 Å². The van der Waals surface area contributed by atoms with Gasteiger partial charge in [-0.25, -0.2) is 0 Å². The predicted octanol–water partition coefficient (Wildman–Crippen LogP) is 1.35. The number of rotatable bonds is 6. The minimum atomic E-state index is -0.460. The van der Waals surface area contributed by atoms with Crippen LogP contribution in [-0.4, -0.2) is 27.3 Å². The van der Waals surface area contributed by atoms with Crippen LogP contribution in [0.15, 0.2) is 24.5 Å². The smallest absolute Gasteiger partial charge is 0.307 e. The third kappa shape index (κ3) is 3.82. The van der Waals surface area contributed by atoms with Gasteiger partial charge in [-0.05, 0) is 5.57 Å². The maximum absolute atomic E-state index is 10.4. The molecule has 0 saturated carbocycles. The Balaban J connectivity index is 2.46. The summed E-state index contributed by atoms with van der Waals surface area (Å²) in [7, 11) is 0. The topological polar surface area (TPSA) is 73.0 Å². The molecule has 6 heteroatoms. The highest BCUT2D eigenvalue weighted by Crippen LogP contribution is 2.08. The summed E-state index contributed by atoms with van der Waals surface area (Å²) in [6, 6.07) is 0.392. The zero-order valence-corrected chi connectivity index (χ0v) is 9.51. The summed E-state index contributed by atoms with van der Waals surface area (Å²) >= 11 is 0. The van der Waals surface area contributed by atoms with Crippen LogP contribution in [0.1, 0.15) is 13.8 Å². The van der Waals surface area contributed by atoms with E-state index in [9.17, 15) is 10.1 Å². The molecule has 0 bridgehead atoms. The lowest BCUT2D eigenvalue weighted by molar-refractivity contribution is -0.385. The van der Waals surface area contributed by atoms with E-state index < -0.39 is 4.92 Å². The molecule has 0 spiro atoms. The van der Waals surface area contributed by atoms with E-state index in [1.165, 1.54) is 17.1 Å². The Morgan fingerprint density at radius 2 is 2.44 bits per heavy atom. The Bertz CT molecular complexity index is 384. The van der Waals surface area contributed by atoms with Gasteiger partial charge in [0.1, 0.15) is 12.4 Å². The summed E-state index contributed by atoms with van der Waals surface area (Å²) in [4.78, 5) is 9.97. The first-order chi connectivity index (χ1) is 7.49. The molecule has 0 fully saturated rings. The van der Waals surface area contributed by atoms with Gasteiger partial charge in [-0.15, -0.1) is 0 Å². The quantitative estimate of drug-likeness (QED) is 0.449. The first-order valence-corrected chi connectivity index (χ1v) is 5.06. The van der Waals surface area contributed by atoms with Crippen molar-refractivity contribution in [2.45, 2.75) is 26.4 Å². The maximum Gasteiger partial charge on any atom is 0.307 e. The largest absolute Gasteiger partial charge is 0.311 e. The highest BCUT2D eigenvalue weighted by molar-refractivity contribution is 5.21. The van der Waals surface area contributed by atoms with Gasteiger partial charge in [-0.3, -0.25) is 14.8 Å². The molecule has 1 rings (SSSR count). The molecular formula is C10H16N4O2. The molecule has 0 aromatic carbocycles. The number of hydrogen-bond acceptors (Lipinski definition) is 4. The van der Waals surface area contributed by atoms with Crippen molar-refractivity contribution >= 4 is 5.69 Å². The van der Waals surface area contributed by atoms with E-state index in [4.69, 9.17) is 0 Å². The Kier molecular flexibility index (Phi) is 4.19. The fraction of sp³-hybridized carbons (Fsp3) is 0.500. The van der Waals surface area contributed by atoms with Crippen molar-refractivity contribution in [1.82, 2.24) is 15.1 Å². The van der Waals surface area contributed by atoms with E-state index in [1.807, 2.05) is 13.8 Å². The fourth-order valence-electron chi connectivity index (χ4n) is 1.17. The van der Waals surface area contributed by atoms with Crippen molar-refractivity contribution in [1.29, 1.82) is 0 Å². The van der Waals surface area contributed by atoms with Gasteiger partial charge in [0.25, 0.3) is 0 Å². The normalized spacial score (nSPS) is 10.7. The number of aromatic nitrogens is 2. The van der Waals surface area contributed by atoms with Crippen LogP contribution in [0.25, 0.3) is 0 Å². The SMILES string of the molecule is C=C(CNC(C)C)Cn1cc([N+](=O)[O-])cn1. The molecule has 6 nitrogen and oxygen atoms in total. The van der Waals surface area contributed by atoms with E-state index in [-0.39, 0.29) is 5.69 Å². The second kappa shape index (κ2) is 5.41. The van der Waals surface area contributed by atoms with Crippen molar-refractivity contribution in [3.8, 4) is 0 Å². The number of nitro groups is 1. The molecule has 0 aliphatic rings. The molecule has 0 unspecified atom stereocenters. The molecule has 16 heavy (non-hydrogen) atoms. The lowest BCUT2D eigenvalue weighted by atomic mass is 10.3. The lowest BCUT2D eigenvalue weighted by Crippen LogP contribution is -2.25. The van der Waals surface area contributed by atoms with Crippen LogP contribution in [-0.2, 0) is 6.54 Å². The van der Waals surface area contributed by atoms with E-state index in [2.05, 4.69) is 17.0 Å². The van der Waals surface area contributed by atoms with Gasteiger partial charge in [-0.2, -0.15) is 5.10 Å². The van der Waals surface area contributed by atoms with E-state index >= 15 is 0 Å². The fourth-order valence-corrected chi connectivity index (χ4v) is 1.17. The molecule has 1 N–H and O–H groups in total. The first-order valence-electron chi connectivity index (χ1n) is 5.06. The van der Waals surface area contributed by atoms with Crippen LogP contribution in [0.3, 0.4) is 0 Å². The molecule has 88 valence electrons. The number of nitrogens with one attached hydrogen (secondary N) is 1. The molecule has 0 saturated heterocycles. The van der Waals surface area contributed by atoms with Gasteiger partial charge >= 0.3 is 5.69 Å². The zero-order chi connectivity index (χ0) is 12.1. The minimum Gasteiger partial charge on any atom is -0.311 e. The summed E-state index contributed by atoms with van der Waals surface area (Å²) in [6.07, 6.45) is 2.64. The number of nitrogens with zero attached hydrogens (tertiary/aromatic N) is 3. The molecule has 0 atom stereocenters. The third-order valence-corrected chi connectivity index (χ3v) is 1.98. The van der Waals surface area contributed by atoms with Crippen LogP contribution >= 0.6 is 0 Å². The van der Waals surface area contributed by atoms with Gasteiger partial charge in [0.05, 0.1) is 11.5 Å². The first kappa shape index (κ1) is 12.4. The van der Waals surface area contributed by atoms with Gasteiger partial charge in [0.15, 0.2) is 0 Å². The molecular weight excluding hydrogens is 208 g/mol. The molecule has 0 amide bonds. The summed E-state index contributed by atoms with van der Waals surface area (Å²) < 4.78 is 1.52. The highest BCUT2D eigenvalue weighted by atomic mass is 16.6. The van der Waals surface area contributed by atoms with Gasteiger partial charge in [-0.1, -0.05) is 20.4 Å². The van der Waals surface area contributed by atoms with Crippen LogP contribution in [0.5, 0.6) is 0 Å². The summed E-state index contributed by atoms with van der Waals surface area (Å²) in [5.41, 5.74) is 0.941. The van der Waals surface area contributed by atoms with Crippen molar-refractivity contribution in [2.24, 2.45) is 0 Å². The van der Waals surface area contributed by atoms with Crippen LogP contribution < -0.4 is 5.32 Å². The summed E-state index contributed by atoms with van der Waals surface area (Å²) in [6.45, 7) is 9.16. The van der Waals surface area contributed by atoms with Crippen LogP contribution in [0.4, 0.5) is 5.69 Å². The zero-order valence-electron chi connectivity index (χ0n) is 9.51.